The van der Waals surface area contributed by atoms with E-state index in [1.165, 1.54) is 0 Å². The van der Waals surface area contributed by atoms with Crippen LogP contribution in [0.25, 0.3) is 0 Å². The Kier molecular flexibility index (Phi) is 6.72. The fourth-order valence-corrected chi connectivity index (χ4v) is 1.15. The van der Waals surface area contributed by atoms with Crippen LogP contribution >= 0.6 is 0 Å². The minimum Gasteiger partial charge on any atom is -0.480 e. The number of carboxylic acid groups (broad SMARTS) is 1. The molecule has 0 heterocycles. The number of hydrogen-bond donors (Lipinski definition) is 2. The van der Waals surface area contributed by atoms with Gasteiger partial charge < -0.3 is 10.4 Å². The van der Waals surface area contributed by atoms with Crippen molar-refractivity contribution in [2.75, 3.05) is 19.6 Å². The van der Waals surface area contributed by atoms with E-state index in [1.807, 2.05) is 27.7 Å². The molecule has 5 heteroatoms. The van der Waals surface area contributed by atoms with Crippen molar-refractivity contribution < 1.29 is 14.7 Å². The van der Waals surface area contributed by atoms with Crippen LogP contribution in [0.2, 0.25) is 0 Å². The van der Waals surface area contributed by atoms with Gasteiger partial charge in [0.1, 0.15) is 0 Å². The van der Waals surface area contributed by atoms with Crippen molar-refractivity contribution in [2.45, 2.75) is 33.7 Å². The lowest BCUT2D eigenvalue weighted by Crippen LogP contribution is -2.43. The lowest BCUT2D eigenvalue weighted by molar-refractivity contribution is -0.139. The second-order valence-electron chi connectivity index (χ2n) is 4.59. The highest BCUT2D eigenvalue weighted by Gasteiger charge is 2.16. The molecule has 5 nitrogen and oxygen atoms in total. The van der Waals surface area contributed by atoms with Gasteiger partial charge >= 0.3 is 5.97 Å². The summed E-state index contributed by atoms with van der Waals surface area (Å²) in [7, 11) is 0. The van der Waals surface area contributed by atoms with Crippen molar-refractivity contribution in [3.63, 3.8) is 0 Å². The van der Waals surface area contributed by atoms with E-state index in [4.69, 9.17) is 5.11 Å². The van der Waals surface area contributed by atoms with Crippen LogP contribution in [0.5, 0.6) is 0 Å². The Hall–Kier alpha value is -1.10. The highest BCUT2D eigenvalue weighted by Crippen LogP contribution is 1.97. The van der Waals surface area contributed by atoms with Crippen LogP contribution < -0.4 is 5.32 Å². The van der Waals surface area contributed by atoms with Crippen molar-refractivity contribution in [1.29, 1.82) is 0 Å². The van der Waals surface area contributed by atoms with Crippen LogP contribution in [0.4, 0.5) is 0 Å². The number of hydrogen-bond acceptors (Lipinski definition) is 3. The van der Waals surface area contributed by atoms with Gasteiger partial charge in [0.05, 0.1) is 13.1 Å². The highest BCUT2D eigenvalue weighted by atomic mass is 16.4. The lowest BCUT2D eigenvalue weighted by atomic mass is 10.2. The van der Waals surface area contributed by atoms with Crippen LogP contribution in [0.15, 0.2) is 0 Å². The van der Waals surface area contributed by atoms with Crippen LogP contribution in [-0.2, 0) is 9.59 Å². The van der Waals surface area contributed by atoms with Crippen molar-refractivity contribution in [2.24, 2.45) is 5.92 Å². The zero-order chi connectivity index (χ0) is 12.7. The average molecular weight is 230 g/mol. The lowest BCUT2D eigenvalue weighted by Gasteiger charge is -2.23. The van der Waals surface area contributed by atoms with Crippen molar-refractivity contribution in [3.8, 4) is 0 Å². The van der Waals surface area contributed by atoms with Gasteiger partial charge in [-0.3, -0.25) is 14.5 Å². The Morgan fingerprint density at radius 2 is 1.75 bits per heavy atom. The van der Waals surface area contributed by atoms with Gasteiger partial charge in [-0.15, -0.1) is 0 Å². The molecule has 0 aliphatic rings. The first-order valence-electron chi connectivity index (χ1n) is 5.55. The Labute approximate surface area is 96.8 Å². The van der Waals surface area contributed by atoms with E-state index in [2.05, 4.69) is 5.32 Å². The number of rotatable bonds is 7. The molecule has 0 aliphatic heterocycles. The molecule has 0 aromatic heterocycles. The number of aliphatic carboxylic acids is 1. The predicted octanol–water partition coefficient (Wildman–Crippen LogP) is 0.554. The number of amides is 1. The van der Waals surface area contributed by atoms with Crippen molar-refractivity contribution >= 4 is 11.9 Å². The zero-order valence-corrected chi connectivity index (χ0v) is 10.5. The Balaban J connectivity index is 4.08. The molecule has 0 saturated heterocycles. The third-order valence-electron chi connectivity index (χ3n) is 2.12. The summed E-state index contributed by atoms with van der Waals surface area (Å²) < 4.78 is 0. The topological polar surface area (TPSA) is 69.6 Å². The minimum absolute atomic E-state index is 0.0425. The molecule has 16 heavy (non-hydrogen) atoms. The van der Waals surface area contributed by atoms with Gasteiger partial charge in [-0.05, 0) is 19.8 Å². The molecule has 0 fully saturated rings. The maximum absolute atomic E-state index is 11.5. The van der Waals surface area contributed by atoms with Gasteiger partial charge in [-0.2, -0.15) is 0 Å². The summed E-state index contributed by atoms with van der Waals surface area (Å²) in [4.78, 5) is 23.7. The van der Waals surface area contributed by atoms with Gasteiger partial charge in [0, 0.05) is 12.6 Å². The molecule has 2 N–H and O–H groups in total. The van der Waals surface area contributed by atoms with E-state index in [9.17, 15) is 9.59 Å². The van der Waals surface area contributed by atoms with E-state index in [-0.39, 0.29) is 25.0 Å². The smallest absolute Gasteiger partial charge is 0.317 e. The summed E-state index contributed by atoms with van der Waals surface area (Å²) >= 11 is 0. The van der Waals surface area contributed by atoms with E-state index in [0.717, 1.165) is 0 Å². The van der Waals surface area contributed by atoms with Gasteiger partial charge in [0.25, 0.3) is 0 Å². The Morgan fingerprint density at radius 3 is 2.12 bits per heavy atom. The molecule has 0 bridgehead atoms. The summed E-state index contributed by atoms with van der Waals surface area (Å²) in [5.41, 5.74) is 0. The summed E-state index contributed by atoms with van der Waals surface area (Å²) in [5, 5.41) is 11.5. The van der Waals surface area contributed by atoms with Gasteiger partial charge in [-0.1, -0.05) is 13.8 Å². The first-order valence-corrected chi connectivity index (χ1v) is 5.55. The molecule has 0 aromatic carbocycles. The average Bonchev–Trinajstić information content (AvgIpc) is 2.12. The molecule has 94 valence electrons. The SMILES string of the molecule is CC(C)CNC(=O)CN(CC(=O)O)C(C)C. The second kappa shape index (κ2) is 7.22. The molecular weight excluding hydrogens is 208 g/mol. The molecule has 0 aromatic rings. The standard InChI is InChI=1S/C11H22N2O3/c1-8(2)5-12-10(14)6-13(9(3)4)7-11(15)16/h8-9H,5-7H2,1-4H3,(H,12,14)(H,15,16). The Morgan fingerprint density at radius 1 is 1.19 bits per heavy atom. The normalized spacial score (nSPS) is 11.2. The molecule has 0 spiro atoms. The number of carboxylic acids is 1. The van der Waals surface area contributed by atoms with Gasteiger partial charge in [0.2, 0.25) is 5.91 Å². The maximum Gasteiger partial charge on any atom is 0.317 e. The minimum atomic E-state index is -0.912. The predicted molar refractivity (Wildman–Crippen MR) is 62.2 cm³/mol. The highest BCUT2D eigenvalue weighted by molar-refractivity contribution is 5.79. The van der Waals surface area contributed by atoms with Crippen LogP contribution in [0, 0.1) is 5.92 Å². The zero-order valence-electron chi connectivity index (χ0n) is 10.5. The third-order valence-corrected chi connectivity index (χ3v) is 2.12. The molecule has 0 saturated carbocycles. The van der Waals surface area contributed by atoms with E-state index in [0.29, 0.717) is 12.5 Å². The second-order valence-corrected chi connectivity index (χ2v) is 4.59. The number of nitrogens with zero attached hydrogens (tertiary/aromatic N) is 1. The Bertz CT molecular complexity index is 239. The van der Waals surface area contributed by atoms with Gasteiger partial charge in [0.15, 0.2) is 0 Å². The molecule has 0 rings (SSSR count). The van der Waals surface area contributed by atoms with Crippen molar-refractivity contribution in [1.82, 2.24) is 10.2 Å². The van der Waals surface area contributed by atoms with Crippen molar-refractivity contribution in [3.05, 3.63) is 0 Å². The van der Waals surface area contributed by atoms with Crippen LogP contribution in [0.3, 0.4) is 0 Å². The largest absolute Gasteiger partial charge is 0.480 e. The van der Waals surface area contributed by atoms with E-state index < -0.39 is 5.97 Å². The van der Waals surface area contributed by atoms with E-state index in [1.54, 1.807) is 4.90 Å². The quantitative estimate of drug-likeness (QED) is 0.670. The molecular formula is C11H22N2O3. The summed E-state index contributed by atoms with van der Waals surface area (Å²) in [6.45, 7) is 8.42. The molecule has 0 radical (unpaired) electrons. The summed E-state index contributed by atoms with van der Waals surface area (Å²) in [6.07, 6.45) is 0. The maximum atomic E-state index is 11.5. The monoisotopic (exact) mass is 230 g/mol. The number of nitrogens with one attached hydrogen (secondary N) is 1. The summed E-state index contributed by atoms with van der Waals surface area (Å²) in [5.74, 6) is -0.634. The van der Waals surface area contributed by atoms with E-state index >= 15 is 0 Å². The fourth-order valence-electron chi connectivity index (χ4n) is 1.15. The molecule has 0 aliphatic carbocycles. The molecule has 0 unspecified atom stereocenters. The van der Waals surface area contributed by atoms with Crippen LogP contribution in [-0.4, -0.2) is 47.6 Å². The van der Waals surface area contributed by atoms with Crippen LogP contribution in [0.1, 0.15) is 27.7 Å². The van der Waals surface area contributed by atoms with Gasteiger partial charge in [-0.25, -0.2) is 0 Å². The number of carbonyl (C=O) groups is 2. The first-order chi connectivity index (χ1) is 7.32. The summed E-state index contributed by atoms with van der Waals surface area (Å²) in [6, 6.07) is 0.0425. The number of carbonyl (C=O) groups excluding carboxylic acids is 1. The fraction of sp³-hybridized carbons (Fsp3) is 0.818. The molecule has 1 amide bonds. The molecule has 0 atom stereocenters. The first kappa shape index (κ1) is 14.9. The third kappa shape index (κ3) is 7.23.